The van der Waals surface area contributed by atoms with Gasteiger partial charge in [0, 0.05) is 0 Å². The van der Waals surface area contributed by atoms with Crippen LogP contribution in [-0.2, 0) is 9.59 Å². The van der Waals surface area contributed by atoms with Gasteiger partial charge in [-0.05, 0) is 0 Å². The van der Waals surface area contributed by atoms with Crippen molar-refractivity contribution >= 4 is 25.0 Å². The average Bonchev–Trinajstić information content (AvgIpc) is 1.69. The average molecular weight is 138 g/mol. The number of hydrogen-bond acceptors (Lipinski definition) is 3. The van der Waals surface area contributed by atoms with Crippen LogP contribution in [0.1, 0.15) is 0 Å². The van der Waals surface area contributed by atoms with Crippen LogP contribution in [0.15, 0.2) is 0 Å². The molecule has 8 heavy (non-hydrogen) atoms. The van der Waals surface area contributed by atoms with Gasteiger partial charge in [-0.2, -0.15) is 0 Å². The molecule has 0 amide bonds. The molecule has 0 aromatic heterocycles. The third-order valence-electron chi connectivity index (χ3n) is 0.455. The zero-order chi connectivity index (χ0) is 5.54. The van der Waals surface area contributed by atoms with Gasteiger partial charge in [0.05, 0.1) is 13.1 Å². The van der Waals surface area contributed by atoms with Crippen LogP contribution in [0.4, 0.5) is 0 Å². The summed E-state index contributed by atoms with van der Waals surface area (Å²) in [5.41, 5.74) is 0. The molecule has 0 aromatic carbocycles. The minimum Gasteiger partial charge on any atom is -0.304 e. The van der Waals surface area contributed by atoms with Crippen molar-refractivity contribution < 1.29 is 9.59 Å². The number of carbonyl (C=O) groups excluding carboxylic acids is 2. The summed E-state index contributed by atoms with van der Waals surface area (Å²) in [7, 11) is 0. The molecule has 0 unspecified atom stereocenters. The van der Waals surface area contributed by atoms with Crippen molar-refractivity contribution in [2.75, 3.05) is 13.1 Å². The second-order valence-electron chi connectivity index (χ2n) is 0.992. The quantitative estimate of drug-likeness (QED) is 0.416. The molecule has 0 saturated carbocycles. The van der Waals surface area contributed by atoms with Gasteiger partial charge in [0.2, 0.25) is 0 Å². The molecule has 0 heterocycles. The summed E-state index contributed by atoms with van der Waals surface area (Å²) in [6, 6.07) is 0. The zero-order valence-electron chi connectivity index (χ0n) is 4.29. The minimum atomic E-state index is 0. The first-order valence-corrected chi connectivity index (χ1v) is 2.00. The molecular formula is C4H8ClNO2. The van der Waals surface area contributed by atoms with E-state index in [1.54, 1.807) is 0 Å². The van der Waals surface area contributed by atoms with E-state index in [4.69, 9.17) is 0 Å². The van der Waals surface area contributed by atoms with Gasteiger partial charge >= 0.3 is 0 Å². The molecule has 0 rings (SSSR count). The topological polar surface area (TPSA) is 46.2 Å². The Morgan fingerprint density at radius 2 is 1.50 bits per heavy atom. The lowest BCUT2D eigenvalue weighted by Gasteiger charge is -1.85. The highest BCUT2D eigenvalue weighted by Crippen LogP contribution is 1.44. The van der Waals surface area contributed by atoms with E-state index in [1.165, 1.54) is 0 Å². The Morgan fingerprint density at radius 3 is 1.75 bits per heavy atom. The van der Waals surface area contributed by atoms with Crippen molar-refractivity contribution in [1.29, 1.82) is 0 Å². The van der Waals surface area contributed by atoms with Crippen molar-refractivity contribution in [2.24, 2.45) is 0 Å². The number of hydrogen-bond donors (Lipinski definition) is 1. The van der Waals surface area contributed by atoms with Crippen LogP contribution in [0.2, 0.25) is 0 Å². The highest BCUT2D eigenvalue weighted by Gasteiger charge is 1.76. The summed E-state index contributed by atoms with van der Waals surface area (Å²) >= 11 is 0. The third-order valence-corrected chi connectivity index (χ3v) is 0.455. The van der Waals surface area contributed by atoms with E-state index in [-0.39, 0.29) is 25.5 Å². The van der Waals surface area contributed by atoms with Gasteiger partial charge in [-0.1, -0.05) is 0 Å². The van der Waals surface area contributed by atoms with Crippen LogP contribution in [0, 0.1) is 0 Å². The maximum Gasteiger partial charge on any atom is 0.133 e. The molecule has 0 aliphatic rings. The largest absolute Gasteiger partial charge is 0.304 e. The van der Waals surface area contributed by atoms with E-state index in [2.05, 4.69) is 5.32 Å². The third kappa shape index (κ3) is 9.14. The predicted octanol–water partition coefficient (Wildman–Crippen LogP) is -0.604. The van der Waals surface area contributed by atoms with Gasteiger partial charge in [-0.3, -0.25) is 0 Å². The molecule has 0 saturated heterocycles. The molecule has 3 nitrogen and oxygen atoms in total. The second kappa shape index (κ2) is 9.77. The molecule has 0 spiro atoms. The SMILES string of the molecule is Cl.O=CCNCC=O. The summed E-state index contributed by atoms with van der Waals surface area (Å²) < 4.78 is 0. The number of carbonyl (C=O) groups is 2. The zero-order valence-corrected chi connectivity index (χ0v) is 5.11. The lowest BCUT2D eigenvalue weighted by atomic mass is 10.6. The number of halogens is 1. The monoisotopic (exact) mass is 137 g/mol. The molecule has 48 valence electrons. The Labute approximate surface area is 53.9 Å². The summed E-state index contributed by atoms with van der Waals surface area (Å²) in [6.45, 7) is 0.525. The molecule has 0 bridgehead atoms. The summed E-state index contributed by atoms with van der Waals surface area (Å²) in [5.74, 6) is 0. The Balaban J connectivity index is 0. The molecular weight excluding hydrogens is 130 g/mol. The lowest BCUT2D eigenvalue weighted by Crippen LogP contribution is -2.17. The van der Waals surface area contributed by atoms with E-state index in [9.17, 15) is 9.59 Å². The predicted molar refractivity (Wildman–Crippen MR) is 32.2 cm³/mol. The molecule has 4 heteroatoms. The van der Waals surface area contributed by atoms with Gasteiger partial charge in [-0.25, -0.2) is 0 Å². The van der Waals surface area contributed by atoms with Crippen LogP contribution in [0.25, 0.3) is 0 Å². The van der Waals surface area contributed by atoms with E-state index in [1.807, 2.05) is 0 Å². The van der Waals surface area contributed by atoms with Gasteiger partial charge in [0.1, 0.15) is 12.6 Å². The van der Waals surface area contributed by atoms with Crippen molar-refractivity contribution in [3.63, 3.8) is 0 Å². The number of aldehydes is 2. The van der Waals surface area contributed by atoms with Crippen molar-refractivity contribution in [2.45, 2.75) is 0 Å². The number of nitrogens with one attached hydrogen (secondary N) is 1. The van der Waals surface area contributed by atoms with E-state index >= 15 is 0 Å². The Bertz CT molecular complexity index is 59.1. The van der Waals surface area contributed by atoms with Crippen molar-refractivity contribution in [1.82, 2.24) is 5.32 Å². The lowest BCUT2D eigenvalue weighted by molar-refractivity contribution is -0.108. The summed E-state index contributed by atoms with van der Waals surface area (Å²) in [4.78, 5) is 19.0. The van der Waals surface area contributed by atoms with Crippen LogP contribution in [0.5, 0.6) is 0 Å². The highest BCUT2D eigenvalue weighted by molar-refractivity contribution is 5.85. The summed E-state index contributed by atoms with van der Waals surface area (Å²) in [5, 5.41) is 2.55. The molecule has 0 aromatic rings. The maximum absolute atomic E-state index is 9.50. The van der Waals surface area contributed by atoms with Crippen molar-refractivity contribution in [3.8, 4) is 0 Å². The molecule has 0 fully saturated rings. The number of rotatable bonds is 4. The first-order valence-electron chi connectivity index (χ1n) is 2.00. The van der Waals surface area contributed by atoms with Crippen molar-refractivity contribution in [3.05, 3.63) is 0 Å². The maximum atomic E-state index is 9.50. The van der Waals surface area contributed by atoms with Gasteiger partial charge < -0.3 is 14.9 Å². The van der Waals surface area contributed by atoms with E-state index in [0.717, 1.165) is 0 Å². The standard InChI is InChI=1S/C4H7NO2.ClH/c6-3-1-5-2-4-7;/h3-5H,1-2H2;1H. The molecule has 0 radical (unpaired) electrons. The van der Waals surface area contributed by atoms with Crippen LogP contribution in [0.3, 0.4) is 0 Å². The molecule has 0 aliphatic heterocycles. The van der Waals surface area contributed by atoms with E-state index < -0.39 is 0 Å². The normalized spacial score (nSPS) is 7.00. The molecule has 0 atom stereocenters. The Hall–Kier alpha value is -0.410. The fourth-order valence-electron chi connectivity index (χ4n) is 0.201. The van der Waals surface area contributed by atoms with E-state index in [0.29, 0.717) is 12.6 Å². The van der Waals surface area contributed by atoms with Gasteiger partial charge in [-0.15, -0.1) is 12.4 Å². The molecule has 1 N–H and O–H groups in total. The fourth-order valence-corrected chi connectivity index (χ4v) is 0.201. The van der Waals surface area contributed by atoms with Gasteiger partial charge in [0.15, 0.2) is 0 Å². The van der Waals surface area contributed by atoms with Crippen LogP contribution < -0.4 is 5.32 Å². The fraction of sp³-hybridized carbons (Fsp3) is 0.500. The minimum absolute atomic E-state index is 0. The summed E-state index contributed by atoms with van der Waals surface area (Å²) in [6.07, 6.45) is 1.42. The highest BCUT2D eigenvalue weighted by atomic mass is 35.5. The Morgan fingerprint density at radius 1 is 1.12 bits per heavy atom. The smallest absolute Gasteiger partial charge is 0.133 e. The van der Waals surface area contributed by atoms with Crippen LogP contribution >= 0.6 is 12.4 Å². The van der Waals surface area contributed by atoms with Crippen LogP contribution in [-0.4, -0.2) is 25.7 Å². The molecule has 0 aliphatic carbocycles. The first-order chi connectivity index (χ1) is 3.41. The first kappa shape index (κ1) is 10.5. The van der Waals surface area contributed by atoms with Gasteiger partial charge in [0.25, 0.3) is 0 Å². The second-order valence-corrected chi connectivity index (χ2v) is 0.992. The Kier molecular flexibility index (Phi) is 12.9.